The maximum atomic E-state index is 13.4. The highest BCUT2D eigenvalue weighted by Gasteiger charge is 2.39. The molecule has 0 spiro atoms. The van der Waals surface area contributed by atoms with Crippen molar-refractivity contribution in [3.05, 3.63) is 73.7 Å². The van der Waals surface area contributed by atoms with E-state index >= 15 is 0 Å². The van der Waals surface area contributed by atoms with Crippen molar-refractivity contribution in [3.8, 4) is 0 Å². The van der Waals surface area contributed by atoms with Crippen LogP contribution in [0.5, 0.6) is 0 Å². The number of carbonyl (C=O) groups is 1. The number of carboxylic acids is 1. The molecule has 0 bridgehead atoms. The number of hydrogen-bond acceptors (Lipinski definition) is 2. The second kappa shape index (κ2) is 7.81. The fourth-order valence-corrected chi connectivity index (χ4v) is 3.27. The molecule has 8 heteroatoms. The number of halogens is 6. The molecule has 0 aliphatic carbocycles. The first kappa shape index (κ1) is 19.8. The van der Waals surface area contributed by atoms with E-state index in [1.807, 2.05) is 0 Å². The van der Waals surface area contributed by atoms with Crippen LogP contribution in [-0.2, 0) is 0 Å². The van der Waals surface area contributed by atoms with Gasteiger partial charge in [-0.05, 0) is 35.4 Å². The van der Waals surface area contributed by atoms with Gasteiger partial charge >= 0.3 is 6.18 Å². The summed E-state index contributed by atoms with van der Waals surface area (Å²) < 4.78 is 40.4. The minimum atomic E-state index is -4.55. The van der Waals surface area contributed by atoms with Gasteiger partial charge < -0.3 is 9.90 Å². The van der Waals surface area contributed by atoms with Gasteiger partial charge in [0.2, 0.25) is 0 Å². The van der Waals surface area contributed by atoms with Crippen molar-refractivity contribution in [2.75, 3.05) is 0 Å². The summed E-state index contributed by atoms with van der Waals surface area (Å²) in [5, 5.41) is 11.1. The van der Waals surface area contributed by atoms with E-state index in [1.165, 1.54) is 42.5 Å². The monoisotopic (exact) mass is 451 g/mol. The number of carbonyl (C=O) groups excluding carboxylic acids is 1. The Balaban J connectivity index is 2.39. The predicted octanol–water partition coefficient (Wildman–Crippen LogP) is 5.48. The number of carboxylic acid groups (broad SMARTS) is 1. The molecule has 0 saturated carbocycles. The smallest absolute Gasteiger partial charge is 0.399 e. The fraction of sp³-hybridized carbons (Fsp3) is 0.118. The Morgan fingerprint density at radius 3 is 2.20 bits per heavy atom. The number of rotatable bonds is 4. The Hall–Kier alpha value is -1.50. The molecule has 0 saturated heterocycles. The van der Waals surface area contributed by atoms with Gasteiger partial charge in [-0.25, -0.2) is 0 Å². The number of aromatic carboxylic acids is 1. The zero-order valence-corrected chi connectivity index (χ0v) is 15.4. The lowest BCUT2D eigenvalue weighted by Gasteiger charge is -2.18. The molecule has 2 nitrogen and oxygen atoms in total. The van der Waals surface area contributed by atoms with Crippen LogP contribution in [0.1, 0.15) is 27.4 Å². The van der Waals surface area contributed by atoms with Gasteiger partial charge in [-0.3, -0.25) is 0 Å². The number of alkyl halides is 3. The Morgan fingerprint density at radius 1 is 1.12 bits per heavy atom. The normalized spacial score (nSPS) is 13.2. The molecule has 132 valence electrons. The van der Waals surface area contributed by atoms with Crippen LogP contribution in [0, 0.1) is 0 Å². The first-order chi connectivity index (χ1) is 11.6. The molecule has 2 aromatic carbocycles. The van der Waals surface area contributed by atoms with Crippen molar-refractivity contribution < 1.29 is 23.1 Å². The van der Waals surface area contributed by atoms with E-state index in [-0.39, 0.29) is 25.6 Å². The third-order valence-electron chi connectivity index (χ3n) is 3.29. The van der Waals surface area contributed by atoms with Crippen molar-refractivity contribution in [1.29, 1.82) is 0 Å². The molecule has 0 aliphatic heterocycles. The molecular formula is C17H9BrCl2F3O2-. The van der Waals surface area contributed by atoms with Crippen molar-refractivity contribution in [3.63, 3.8) is 0 Å². The summed E-state index contributed by atoms with van der Waals surface area (Å²) in [5.41, 5.74) is 0.206. The van der Waals surface area contributed by atoms with Gasteiger partial charge in [0.1, 0.15) is 0 Å². The maximum Gasteiger partial charge on any atom is 0.399 e. The van der Waals surface area contributed by atoms with E-state index in [9.17, 15) is 23.1 Å². The van der Waals surface area contributed by atoms with Crippen LogP contribution in [0.2, 0.25) is 10.0 Å². The van der Waals surface area contributed by atoms with Gasteiger partial charge in [-0.1, -0.05) is 63.4 Å². The summed E-state index contributed by atoms with van der Waals surface area (Å²) >= 11 is 14.6. The summed E-state index contributed by atoms with van der Waals surface area (Å²) in [7, 11) is 0. The van der Waals surface area contributed by atoms with Crippen LogP contribution in [0.3, 0.4) is 0 Å². The summed E-state index contributed by atoms with van der Waals surface area (Å²) in [6, 6.07) is 7.76. The van der Waals surface area contributed by atoms with Crippen LogP contribution in [-0.4, -0.2) is 12.1 Å². The third kappa shape index (κ3) is 5.23. The van der Waals surface area contributed by atoms with Gasteiger partial charge in [-0.15, -0.1) is 0 Å². The Morgan fingerprint density at radius 2 is 1.72 bits per heavy atom. The highest BCUT2D eigenvalue weighted by molar-refractivity contribution is 9.10. The van der Waals surface area contributed by atoms with E-state index in [2.05, 4.69) is 15.9 Å². The summed E-state index contributed by atoms with van der Waals surface area (Å²) in [6.07, 6.45) is -2.34. The van der Waals surface area contributed by atoms with Gasteiger partial charge in [-0.2, -0.15) is 13.2 Å². The van der Waals surface area contributed by atoms with Gasteiger partial charge in [0, 0.05) is 20.1 Å². The standard InChI is InChI=1S/C17H10BrCl2F3O2/c18-15-5-9(1-3-13(15)16(24)25)2-4-14(17(21,22)23)10-6-11(19)8-12(20)7-10/h1-8,14H,(H,24,25)/p-1. The lowest BCUT2D eigenvalue weighted by Crippen LogP contribution is -2.22. The molecule has 0 N–H and O–H groups in total. The lowest BCUT2D eigenvalue weighted by atomic mass is 9.97. The Labute approximate surface area is 160 Å². The van der Waals surface area contributed by atoms with Crippen LogP contribution >= 0.6 is 39.1 Å². The molecule has 1 atom stereocenters. The number of hydrogen-bond donors (Lipinski definition) is 0. The van der Waals surface area contributed by atoms with Crippen molar-refractivity contribution >= 4 is 51.2 Å². The molecule has 25 heavy (non-hydrogen) atoms. The third-order valence-corrected chi connectivity index (χ3v) is 4.38. The fourth-order valence-electron chi connectivity index (χ4n) is 2.17. The van der Waals surface area contributed by atoms with Gasteiger partial charge in [0.15, 0.2) is 0 Å². The van der Waals surface area contributed by atoms with E-state index in [4.69, 9.17) is 23.2 Å². The van der Waals surface area contributed by atoms with E-state index in [1.54, 1.807) is 0 Å². The highest BCUT2D eigenvalue weighted by Crippen LogP contribution is 2.38. The number of allylic oxidation sites excluding steroid dienone is 1. The molecule has 2 rings (SSSR count). The second-order valence-corrected chi connectivity index (χ2v) is 6.84. The molecule has 0 amide bonds. The quantitative estimate of drug-likeness (QED) is 0.616. The average Bonchev–Trinajstić information content (AvgIpc) is 2.44. The molecule has 1 unspecified atom stereocenters. The zero-order chi connectivity index (χ0) is 18.8. The predicted molar refractivity (Wildman–Crippen MR) is 92.8 cm³/mol. The first-order valence-corrected chi connectivity index (χ1v) is 8.34. The Kier molecular flexibility index (Phi) is 6.19. The van der Waals surface area contributed by atoms with E-state index in [0.29, 0.717) is 5.56 Å². The minimum Gasteiger partial charge on any atom is -0.545 e. The molecule has 0 radical (unpaired) electrons. The van der Waals surface area contributed by atoms with Crippen molar-refractivity contribution in [2.45, 2.75) is 12.1 Å². The molecule has 0 heterocycles. The highest BCUT2D eigenvalue weighted by atomic mass is 79.9. The summed E-state index contributed by atoms with van der Waals surface area (Å²) in [6.45, 7) is 0. The van der Waals surface area contributed by atoms with Crippen LogP contribution in [0.15, 0.2) is 46.9 Å². The molecule has 2 aromatic rings. The zero-order valence-electron chi connectivity index (χ0n) is 12.3. The maximum absolute atomic E-state index is 13.4. The van der Waals surface area contributed by atoms with Gasteiger partial charge in [0.25, 0.3) is 0 Å². The van der Waals surface area contributed by atoms with Gasteiger partial charge in [0.05, 0.1) is 11.9 Å². The molecular weight excluding hydrogens is 444 g/mol. The minimum absolute atomic E-state index is 0.0910. The lowest BCUT2D eigenvalue weighted by molar-refractivity contribution is -0.255. The van der Waals surface area contributed by atoms with E-state index in [0.717, 1.165) is 6.08 Å². The number of benzene rings is 2. The average molecular weight is 453 g/mol. The molecule has 0 fully saturated rings. The second-order valence-electron chi connectivity index (χ2n) is 5.11. The SMILES string of the molecule is O=C([O-])c1ccc(C=CC(c2cc(Cl)cc(Cl)c2)C(F)(F)F)cc1Br. The summed E-state index contributed by atoms with van der Waals surface area (Å²) in [4.78, 5) is 10.8. The first-order valence-electron chi connectivity index (χ1n) is 6.79. The molecule has 0 aliphatic rings. The van der Waals surface area contributed by atoms with Crippen molar-refractivity contribution in [1.82, 2.24) is 0 Å². The largest absolute Gasteiger partial charge is 0.545 e. The van der Waals surface area contributed by atoms with Crippen molar-refractivity contribution in [2.24, 2.45) is 0 Å². The van der Waals surface area contributed by atoms with Crippen LogP contribution in [0.4, 0.5) is 13.2 Å². The Bertz CT molecular complexity index is 815. The van der Waals surface area contributed by atoms with E-state index < -0.39 is 18.1 Å². The molecule has 0 aromatic heterocycles. The van der Waals surface area contributed by atoms with Crippen LogP contribution in [0.25, 0.3) is 6.08 Å². The van der Waals surface area contributed by atoms with Crippen LogP contribution < -0.4 is 5.11 Å². The summed E-state index contributed by atoms with van der Waals surface area (Å²) in [5.74, 6) is -3.30. The topological polar surface area (TPSA) is 40.1 Å².